The van der Waals surface area contributed by atoms with Crippen molar-refractivity contribution >= 4 is 32.4 Å². The van der Waals surface area contributed by atoms with E-state index in [0.717, 1.165) is 16.6 Å². The van der Waals surface area contributed by atoms with Crippen LogP contribution in [0.2, 0.25) is 0 Å². The van der Waals surface area contributed by atoms with Crippen molar-refractivity contribution in [1.82, 2.24) is 14.5 Å². The lowest BCUT2D eigenvalue weighted by molar-refractivity contribution is 0.732. The second-order valence-electron chi connectivity index (χ2n) is 3.74. The quantitative estimate of drug-likeness (QED) is 0.935. The van der Waals surface area contributed by atoms with Crippen molar-refractivity contribution < 1.29 is 0 Å². The normalized spacial score (nSPS) is 10.6. The zero-order valence-corrected chi connectivity index (χ0v) is 12.5. The molecule has 2 aromatic heterocycles. The second-order valence-corrected chi connectivity index (χ2v) is 5.65. The lowest BCUT2D eigenvalue weighted by atomic mass is 10.4. The number of nitrogens with zero attached hydrogens (tertiary/aromatic N) is 3. The summed E-state index contributed by atoms with van der Waals surface area (Å²) >= 11 is 4.80. The fourth-order valence-electron chi connectivity index (χ4n) is 1.44. The molecule has 7 heteroatoms. The minimum atomic E-state index is -0.0686. The Morgan fingerprint density at radius 1 is 1.50 bits per heavy atom. The topological polar surface area (TPSA) is 59.8 Å². The van der Waals surface area contributed by atoms with Gasteiger partial charge in [-0.2, -0.15) is 0 Å². The Bertz CT molecular complexity index is 607. The fraction of sp³-hybridized carbons (Fsp3) is 0.364. The third-order valence-corrected chi connectivity index (χ3v) is 4.22. The highest BCUT2D eigenvalue weighted by Crippen LogP contribution is 2.18. The summed E-state index contributed by atoms with van der Waals surface area (Å²) in [4.78, 5) is 21.4. The summed E-state index contributed by atoms with van der Waals surface area (Å²) in [5.41, 5.74) is 0.634. The van der Waals surface area contributed by atoms with Gasteiger partial charge in [-0.25, -0.2) is 9.97 Å². The number of thiazole rings is 1. The Labute approximate surface area is 117 Å². The van der Waals surface area contributed by atoms with Crippen LogP contribution in [-0.2, 0) is 6.54 Å². The van der Waals surface area contributed by atoms with Crippen LogP contribution in [0.1, 0.15) is 17.5 Å². The highest BCUT2D eigenvalue weighted by molar-refractivity contribution is 9.10. The van der Waals surface area contributed by atoms with Crippen LogP contribution in [0.5, 0.6) is 0 Å². The van der Waals surface area contributed by atoms with Crippen LogP contribution in [0.4, 0.5) is 5.13 Å². The van der Waals surface area contributed by atoms with E-state index in [1.54, 1.807) is 35.4 Å². The van der Waals surface area contributed by atoms with Gasteiger partial charge in [-0.05, 0) is 29.8 Å². The summed E-state index contributed by atoms with van der Waals surface area (Å²) in [5.74, 6) is 0. The molecule has 96 valence electrons. The third-order valence-electron chi connectivity index (χ3n) is 2.36. The van der Waals surface area contributed by atoms with E-state index in [0.29, 0.717) is 16.7 Å². The Kier molecular flexibility index (Phi) is 4.13. The Morgan fingerprint density at radius 2 is 2.28 bits per heavy atom. The first-order chi connectivity index (χ1) is 8.61. The summed E-state index contributed by atoms with van der Waals surface area (Å²) in [6.45, 7) is 5.15. The minimum Gasteiger partial charge on any atom is -0.362 e. The summed E-state index contributed by atoms with van der Waals surface area (Å²) in [7, 11) is 0. The van der Waals surface area contributed by atoms with Gasteiger partial charge in [0.05, 0.1) is 18.6 Å². The van der Waals surface area contributed by atoms with Crippen LogP contribution >= 0.6 is 27.3 Å². The predicted molar refractivity (Wildman–Crippen MR) is 76.3 cm³/mol. The van der Waals surface area contributed by atoms with Gasteiger partial charge in [-0.3, -0.25) is 9.36 Å². The Hall–Kier alpha value is -1.21. The smallest absolute Gasteiger partial charge is 0.268 e. The van der Waals surface area contributed by atoms with Crippen molar-refractivity contribution in [3.8, 4) is 0 Å². The first-order valence-corrected chi connectivity index (χ1v) is 7.13. The average Bonchev–Trinajstić information content (AvgIpc) is 2.78. The van der Waals surface area contributed by atoms with E-state index in [1.807, 2.05) is 6.92 Å². The lowest BCUT2D eigenvalue weighted by Crippen LogP contribution is -2.22. The fourth-order valence-corrected chi connectivity index (χ4v) is 2.65. The maximum atomic E-state index is 12.0. The molecule has 1 N–H and O–H groups in total. The van der Waals surface area contributed by atoms with E-state index < -0.39 is 0 Å². The number of halogens is 1. The Morgan fingerprint density at radius 3 is 3.00 bits per heavy atom. The van der Waals surface area contributed by atoms with Gasteiger partial charge in [0.25, 0.3) is 5.56 Å². The molecule has 0 bridgehead atoms. The molecule has 0 saturated heterocycles. The van der Waals surface area contributed by atoms with Crippen molar-refractivity contribution in [2.45, 2.75) is 20.4 Å². The van der Waals surface area contributed by atoms with Crippen LogP contribution in [0, 0.1) is 6.92 Å². The van der Waals surface area contributed by atoms with Gasteiger partial charge in [-0.1, -0.05) is 0 Å². The lowest BCUT2D eigenvalue weighted by Gasteiger charge is -2.04. The molecule has 0 aliphatic heterocycles. The number of aromatic nitrogens is 3. The second kappa shape index (κ2) is 5.62. The predicted octanol–water partition coefficient (Wildman–Crippen LogP) is 2.25. The molecule has 0 aliphatic carbocycles. The van der Waals surface area contributed by atoms with Crippen LogP contribution in [-0.4, -0.2) is 21.1 Å². The third kappa shape index (κ3) is 2.78. The van der Waals surface area contributed by atoms with Gasteiger partial charge in [0.2, 0.25) is 0 Å². The van der Waals surface area contributed by atoms with E-state index >= 15 is 0 Å². The maximum Gasteiger partial charge on any atom is 0.268 e. The van der Waals surface area contributed by atoms with Gasteiger partial charge in [0.1, 0.15) is 4.47 Å². The van der Waals surface area contributed by atoms with Crippen molar-refractivity contribution in [3.63, 3.8) is 0 Å². The molecule has 0 aliphatic rings. The molecule has 0 atom stereocenters. The highest BCUT2D eigenvalue weighted by Gasteiger charge is 2.07. The number of anilines is 1. The summed E-state index contributed by atoms with van der Waals surface area (Å²) in [5, 5.41) is 4.02. The molecule has 2 heterocycles. The molecule has 5 nitrogen and oxygen atoms in total. The zero-order valence-electron chi connectivity index (χ0n) is 10.1. The molecular formula is C11H13BrN4OS. The van der Waals surface area contributed by atoms with Crippen molar-refractivity contribution in [1.29, 1.82) is 0 Å². The van der Waals surface area contributed by atoms with Crippen molar-refractivity contribution in [3.05, 3.63) is 37.9 Å². The van der Waals surface area contributed by atoms with E-state index in [4.69, 9.17) is 0 Å². The van der Waals surface area contributed by atoms with E-state index in [-0.39, 0.29) is 5.56 Å². The van der Waals surface area contributed by atoms with Crippen molar-refractivity contribution in [2.24, 2.45) is 0 Å². The van der Waals surface area contributed by atoms with Gasteiger partial charge in [0.15, 0.2) is 5.13 Å². The van der Waals surface area contributed by atoms with Gasteiger partial charge in [-0.15, -0.1) is 11.3 Å². The van der Waals surface area contributed by atoms with Crippen LogP contribution in [0.15, 0.2) is 21.8 Å². The molecule has 0 unspecified atom stereocenters. The molecule has 2 rings (SSSR count). The molecule has 0 saturated carbocycles. The van der Waals surface area contributed by atoms with Gasteiger partial charge in [0, 0.05) is 17.6 Å². The molecule has 2 aromatic rings. The summed E-state index contributed by atoms with van der Waals surface area (Å²) < 4.78 is 2.08. The highest BCUT2D eigenvalue weighted by atomic mass is 79.9. The number of aryl methyl sites for hydroxylation is 1. The Balaban J connectivity index is 2.23. The molecular weight excluding hydrogens is 316 g/mol. The van der Waals surface area contributed by atoms with E-state index in [2.05, 4.69) is 31.2 Å². The summed E-state index contributed by atoms with van der Waals surface area (Å²) in [6.07, 6.45) is 3.35. The monoisotopic (exact) mass is 328 g/mol. The largest absolute Gasteiger partial charge is 0.362 e. The van der Waals surface area contributed by atoms with Crippen LogP contribution in [0.3, 0.4) is 0 Å². The molecule has 0 aromatic carbocycles. The molecule has 0 amide bonds. The first-order valence-electron chi connectivity index (χ1n) is 5.52. The maximum absolute atomic E-state index is 12.0. The molecule has 0 fully saturated rings. The zero-order chi connectivity index (χ0) is 13.1. The number of hydrogen-bond donors (Lipinski definition) is 1. The SMILES string of the molecule is CCNc1ncc(Cn2cnc(C)c(Br)c2=O)s1. The van der Waals surface area contributed by atoms with Gasteiger partial charge >= 0.3 is 0 Å². The average molecular weight is 329 g/mol. The standard InChI is InChI=1S/C11H13BrN4OS/c1-3-13-11-14-4-8(18-11)5-16-6-15-7(2)9(12)10(16)17/h4,6H,3,5H2,1-2H3,(H,13,14). The number of nitrogens with one attached hydrogen (secondary N) is 1. The number of hydrogen-bond acceptors (Lipinski definition) is 5. The van der Waals surface area contributed by atoms with E-state index in [9.17, 15) is 4.79 Å². The molecule has 0 spiro atoms. The van der Waals surface area contributed by atoms with Crippen molar-refractivity contribution in [2.75, 3.05) is 11.9 Å². The summed E-state index contributed by atoms with van der Waals surface area (Å²) in [6, 6.07) is 0. The van der Waals surface area contributed by atoms with Gasteiger partial charge < -0.3 is 5.32 Å². The first kappa shape index (κ1) is 13.2. The molecule has 0 radical (unpaired) electrons. The van der Waals surface area contributed by atoms with E-state index in [1.165, 1.54) is 0 Å². The molecule has 18 heavy (non-hydrogen) atoms. The minimum absolute atomic E-state index is 0.0686. The van der Waals surface area contributed by atoms with Crippen LogP contribution in [0.25, 0.3) is 0 Å². The number of rotatable bonds is 4. The van der Waals surface area contributed by atoms with Crippen LogP contribution < -0.4 is 10.9 Å².